The minimum atomic E-state index is 0.742. The van der Waals surface area contributed by atoms with Crippen molar-refractivity contribution in [3.05, 3.63) is 28.2 Å². The summed E-state index contributed by atoms with van der Waals surface area (Å²) in [4.78, 5) is 4.17. The second-order valence-corrected chi connectivity index (χ2v) is 3.66. The Morgan fingerprint density at radius 3 is 3.00 bits per heavy atom. The smallest absolute Gasteiger partial charge is 0.100 e. The number of fused-ring (bicyclic) bond motifs is 1. The van der Waals surface area contributed by atoms with Crippen LogP contribution in [0.4, 0.5) is 0 Å². The van der Waals surface area contributed by atoms with E-state index in [1.807, 2.05) is 17.6 Å². The molecule has 1 aromatic carbocycles. The molecule has 0 atom stereocenters. The average molecular weight is 184 g/mol. The third-order valence-electron chi connectivity index (χ3n) is 1.63. The predicted molar refractivity (Wildman–Crippen MR) is 49.4 cm³/mol. The van der Waals surface area contributed by atoms with Crippen LogP contribution in [0.25, 0.3) is 10.2 Å². The molecule has 1 aromatic heterocycles. The number of nitrogens with zero attached hydrogens (tertiary/aromatic N) is 1. The lowest BCUT2D eigenvalue weighted by Crippen LogP contribution is -1.73. The van der Waals surface area contributed by atoms with E-state index in [9.17, 15) is 0 Å². The van der Waals surface area contributed by atoms with Gasteiger partial charge in [0.25, 0.3) is 0 Å². The summed E-state index contributed by atoms with van der Waals surface area (Å²) in [6, 6.07) is 3.90. The Kier molecular flexibility index (Phi) is 1.59. The van der Waals surface area contributed by atoms with Gasteiger partial charge in [-0.15, -0.1) is 11.3 Å². The highest BCUT2D eigenvalue weighted by atomic mass is 35.5. The zero-order valence-electron chi connectivity index (χ0n) is 5.97. The van der Waals surface area contributed by atoms with Crippen molar-refractivity contribution in [2.24, 2.45) is 0 Å². The van der Waals surface area contributed by atoms with Gasteiger partial charge in [0, 0.05) is 0 Å². The van der Waals surface area contributed by atoms with Gasteiger partial charge in [0.2, 0.25) is 0 Å². The van der Waals surface area contributed by atoms with Crippen LogP contribution in [0, 0.1) is 6.92 Å². The van der Waals surface area contributed by atoms with E-state index >= 15 is 0 Å². The van der Waals surface area contributed by atoms with Gasteiger partial charge >= 0.3 is 0 Å². The van der Waals surface area contributed by atoms with E-state index in [0.717, 1.165) is 10.5 Å². The number of rotatable bonds is 0. The van der Waals surface area contributed by atoms with Crippen LogP contribution in [0.3, 0.4) is 0 Å². The molecule has 1 heterocycles. The van der Waals surface area contributed by atoms with Crippen molar-refractivity contribution in [1.82, 2.24) is 4.98 Å². The van der Waals surface area contributed by atoms with Crippen molar-refractivity contribution >= 4 is 33.2 Å². The predicted octanol–water partition coefficient (Wildman–Crippen LogP) is 3.26. The van der Waals surface area contributed by atoms with Crippen LogP contribution in [0.1, 0.15) is 5.56 Å². The molecular weight excluding hydrogens is 178 g/mol. The minimum Gasteiger partial charge on any atom is -0.243 e. The van der Waals surface area contributed by atoms with Gasteiger partial charge in [-0.1, -0.05) is 17.7 Å². The first-order valence-corrected chi connectivity index (χ1v) is 4.53. The van der Waals surface area contributed by atoms with Crippen LogP contribution in [0.2, 0.25) is 5.02 Å². The molecule has 56 valence electrons. The molecule has 0 aliphatic carbocycles. The van der Waals surface area contributed by atoms with Gasteiger partial charge in [-0.25, -0.2) is 4.98 Å². The highest BCUT2D eigenvalue weighted by Gasteiger charge is 2.02. The van der Waals surface area contributed by atoms with Crippen LogP contribution in [0.5, 0.6) is 0 Å². The van der Waals surface area contributed by atoms with Crippen molar-refractivity contribution in [1.29, 1.82) is 0 Å². The molecule has 0 N–H and O–H groups in total. The largest absolute Gasteiger partial charge is 0.243 e. The van der Waals surface area contributed by atoms with Crippen LogP contribution in [-0.4, -0.2) is 4.98 Å². The number of thiazole rings is 1. The van der Waals surface area contributed by atoms with Gasteiger partial charge in [-0.3, -0.25) is 0 Å². The average Bonchev–Trinajstić information content (AvgIpc) is 2.45. The Hall–Kier alpha value is -0.600. The highest BCUT2D eigenvalue weighted by molar-refractivity contribution is 7.17. The molecule has 0 aliphatic rings. The Morgan fingerprint density at radius 2 is 2.27 bits per heavy atom. The molecule has 0 amide bonds. The number of hydrogen-bond donors (Lipinski definition) is 0. The van der Waals surface area contributed by atoms with E-state index in [0.29, 0.717) is 0 Å². The van der Waals surface area contributed by atoms with E-state index in [4.69, 9.17) is 11.6 Å². The van der Waals surface area contributed by atoms with E-state index in [1.165, 1.54) is 10.3 Å². The number of halogens is 1. The number of aromatic nitrogens is 1. The van der Waals surface area contributed by atoms with Gasteiger partial charge in [0.05, 0.1) is 15.2 Å². The molecule has 0 saturated carbocycles. The van der Waals surface area contributed by atoms with Crippen LogP contribution in [0.15, 0.2) is 17.6 Å². The molecule has 0 saturated heterocycles. The molecule has 2 aromatic rings. The van der Waals surface area contributed by atoms with Gasteiger partial charge in [0.15, 0.2) is 0 Å². The normalized spacial score (nSPS) is 10.7. The Morgan fingerprint density at radius 1 is 1.45 bits per heavy atom. The maximum absolute atomic E-state index is 5.91. The molecule has 3 heteroatoms. The zero-order valence-corrected chi connectivity index (χ0v) is 7.54. The van der Waals surface area contributed by atoms with Crippen molar-refractivity contribution in [2.75, 3.05) is 0 Å². The second kappa shape index (κ2) is 2.47. The zero-order chi connectivity index (χ0) is 7.84. The summed E-state index contributed by atoms with van der Waals surface area (Å²) in [5, 5.41) is 0.742. The molecule has 0 fully saturated rings. The summed E-state index contributed by atoms with van der Waals surface area (Å²) in [5.41, 5.74) is 3.99. The van der Waals surface area contributed by atoms with E-state index in [2.05, 4.69) is 11.9 Å². The third-order valence-corrected chi connectivity index (χ3v) is 2.90. The summed E-state index contributed by atoms with van der Waals surface area (Å²) in [6.45, 7) is 2.07. The Bertz CT molecular complexity index is 358. The SMILES string of the molecule is Cc1ccc(Cl)c2ncsc12. The van der Waals surface area contributed by atoms with Crippen molar-refractivity contribution < 1.29 is 0 Å². The third kappa shape index (κ3) is 1.03. The van der Waals surface area contributed by atoms with E-state index in [1.54, 1.807) is 11.3 Å². The molecule has 0 unspecified atom stereocenters. The standard InChI is InChI=1S/C8H6ClNS/c1-5-2-3-6(9)7-8(5)11-4-10-7/h2-4H,1H3. The lowest BCUT2D eigenvalue weighted by Gasteiger charge is -1.94. The Labute approximate surface area is 73.6 Å². The van der Waals surface area contributed by atoms with E-state index in [-0.39, 0.29) is 0 Å². The fourth-order valence-electron chi connectivity index (χ4n) is 1.05. The van der Waals surface area contributed by atoms with Crippen molar-refractivity contribution in [3.63, 3.8) is 0 Å². The van der Waals surface area contributed by atoms with Crippen LogP contribution < -0.4 is 0 Å². The van der Waals surface area contributed by atoms with Crippen LogP contribution in [-0.2, 0) is 0 Å². The molecule has 0 aliphatic heterocycles. The molecule has 0 bridgehead atoms. The van der Waals surface area contributed by atoms with Crippen molar-refractivity contribution in [2.45, 2.75) is 6.92 Å². The molecule has 11 heavy (non-hydrogen) atoms. The highest BCUT2D eigenvalue weighted by Crippen LogP contribution is 2.27. The quantitative estimate of drug-likeness (QED) is 0.611. The summed E-state index contributed by atoms with van der Waals surface area (Å²) >= 11 is 7.55. The van der Waals surface area contributed by atoms with Crippen LogP contribution >= 0.6 is 22.9 Å². The van der Waals surface area contributed by atoms with Gasteiger partial charge in [-0.05, 0) is 18.6 Å². The summed E-state index contributed by atoms with van der Waals surface area (Å²) in [5.74, 6) is 0. The van der Waals surface area contributed by atoms with Gasteiger partial charge < -0.3 is 0 Å². The summed E-state index contributed by atoms with van der Waals surface area (Å²) in [6.07, 6.45) is 0. The summed E-state index contributed by atoms with van der Waals surface area (Å²) < 4.78 is 1.19. The molecule has 1 nitrogen and oxygen atoms in total. The summed E-state index contributed by atoms with van der Waals surface area (Å²) in [7, 11) is 0. The minimum absolute atomic E-state index is 0.742. The number of hydrogen-bond acceptors (Lipinski definition) is 2. The van der Waals surface area contributed by atoms with Crippen molar-refractivity contribution in [3.8, 4) is 0 Å². The topological polar surface area (TPSA) is 12.9 Å². The first-order valence-electron chi connectivity index (χ1n) is 3.27. The molecule has 0 radical (unpaired) electrons. The van der Waals surface area contributed by atoms with E-state index < -0.39 is 0 Å². The molecular formula is C8H6ClNS. The number of benzene rings is 1. The fraction of sp³-hybridized carbons (Fsp3) is 0.125. The lowest BCUT2D eigenvalue weighted by molar-refractivity contribution is 1.48. The lowest BCUT2D eigenvalue weighted by atomic mass is 10.2. The molecule has 0 spiro atoms. The maximum Gasteiger partial charge on any atom is 0.100 e. The van der Waals surface area contributed by atoms with Gasteiger partial charge in [0.1, 0.15) is 5.52 Å². The first-order chi connectivity index (χ1) is 5.29. The monoisotopic (exact) mass is 183 g/mol. The molecule has 2 rings (SSSR count). The second-order valence-electron chi connectivity index (χ2n) is 2.39. The number of aryl methyl sites for hydroxylation is 1. The first kappa shape index (κ1) is 7.07. The maximum atomic E-state index is 5.91. The van der Waals surface area contributed by atoms with Gasteiger partial charge in [-0.2, -0.15) is 0 Å². The fourth-order valence-corrected chi connectivity index (χ4v) is 2.10. The Balaban J connectivity index is 2.96.